The molecule has 0 bridgehead atoms. The van der Waals surface area contributed by atoms with E-state index in [1.54, 1.807) is 7.11 Å². The molecule has 0 amide bonds. The van der Waals surface area contributed by atoms with Crippen LogP contribution in [0.2, 0.25) is 0 Å². The van der Waals surface area contributed by atoms with Crippen LogP contribution in [0.3, 0.4) is 0 Å². The van der Waals surface area contributed by atoms with Crippen LogP contribution in [0.5, 0.6) is 5.75 Å². The molecule has 15 heavy (non-hydrogen) atoms. The van der Waals surface area contributed by atoms with Gasteiger partial charge < -0.3 is 4.74 Å². The molecule has 0 radical (unpaired) electrons. The summed E-state index contributed by atoms with van der Waals surface area (Å²) in [5.41, 5.74) is 3.51. The fourth-order valence-electron chi connectivity index (χ4n) is 1.46. The van der Waals surface area contributed by atoms with Crippen molar-refractivity contribution < 1.29 is 9.53 Å². The first-order chi connectivity index (χ1) is 7.19. The number of benzene rings is 1. The van der Waals surface area contributed by atoms with Gasteiger partial charge in [0.25, 0.3) is 0 Å². The molecule has 80 valence electrons. The van der Waals surface area contributed by atoms with Gasteiger partial charge in [0.2, 0.25) is 6.08 Å². The van der Waals surface area contributed by atoms with E-state index >= 15 is 0 Å². The summed E-state index contributed by atoms with van der Waals surface area (Å²) in [5, 5.41) is 0. The molecule has 0 N–H and O–H groups in total. The summed E-state index contributed by atoms with van der Waals surface area (Å²) in [7, 11) is 1.65. The average Bonchev–Trinajstić information content (AvgIpc) is 2.23. The lowest BCUT2D eigenvalue weighted by atomic mass is 10.0. The van der Waals surface area contributed by atoms with E-state index in [0.717, 1.165) is 11.3 Å². The molecular formula is C12H15NO2. The number of aryl methyl sites for hydroxylation is 2. The van der Waals surface area contributed by atoms with Crippen LogP contribution in [-0.4, -0.2) is 19.7 Å². The second-order valence-corrected chi connectivity index (χ2v) is 3.47. The summed E-state index contributed by atoms with van der Waals surface area (Å²) in [6.07, 6.45) is 2.24. The maximum atomic E-state index is 9.95. The molecule has 1 aromatic carbocycles. The molecule has 0 aromatic heterocycles. The van der Waals surface area contributed by atoms with Gasteiger partial charge in [-0.1, -0.05) is 6.07 Å². The van der Waals surface area contributed by atoms with E-state index in [1.807, 2.05) is 13.0 Å². The summed E-state index contributed by atoms with van der Waals surface area (Å²) in [5.74, 6) is 0.860. The number of isocyanates is 1. The molecule has 0 heterocycles. The van der Waals surface area contributed by atoms with Crippen molar-refractivity contribution in [2.45, 2.75) is 20.3 Å². The first-order valence-electron chi connectivity index (χ1n) is 4.86. The maximum absolute atomic E-state index is 9.95. The number of aliphatic imine (C=N–C) groups is 1. The van der Waals surface area contributed by atoms with Crippen molar-refractivity contribution in [2.75, 3.05) is 13.7 Å². The maximum Gasteiger partial charge on any atom is 0.234 e. The Labute approximate surface area is 89.8 Å². The minimum atomic E-state index is 0.461. The van der Waals surface area contributed by atoms with Gasteiger partial charge >= 0.3 is 0 Å². The Hall–Kier alpha value is -1.60. The predicted molar refractivity (Wildman–Crippen MR) is 59.2 cm³/mol. The first-order valence-corrected chi connectivity index (χ1v) is 4.86. The van der Waals surface area contributed by atoms with E-state index < -0.39 is 0 Å². The Bertz CT molecular complexity index is 393. The van der Waals surface area contributed by atoms with Gasteiger partial charge in [-0.15, -0.1) is 0 Å². The molecule has 3 nitrogen and oxygen atoms in total. The second-order valence-electron chi connectivity index (χ2n) is 3.47. The summed E-state index contributed by atoms with van der Waals surface area (Å²) in [6.45, 7) is 4.56. The molecule has 0 atom stereocenters. The van der Waals surface area contributed by atoms with E-state index in [2.05, 4.69) is 18.0 Å². The van der Waals surface area contributed by atoms with Crippen LogP contribution in [-0.2, 0) is 11.2 Å². The van der Waals surface area contributed by atoms with Crippen molar-refractivity contribution in [2.24, 2.45) is 4.99 Å². The Morgan fingerprint density at radius 3 is 2.60 bits per heavy atom. The molecule has 0 saturated heterocycles. The molecule has 1 aromatic rings. The third-order valence-electron chi connectivity index (χ3n) is 2.45. The number of rotatable bonds is 4. The number of carbonyl (C=O) groups excluding carboxylic acids is 1. The Morgan fingerprint density at radius 2 is 2.00 bits per heavy atom. The van der Waals surface area contributed by atoms with Crippen molar-refractivity contribution in [1.29, 1.82) is 0 Å². The van der Waals surface area contributed by atoms with Crippen molar-refractivity contribution >= 4 is 6.08 Å². The van der Waals surface area contributed by atoms with Crippen molar-refractivity contribution in [3.05, 3.63) is 28.8 Å². The van der Waals surface area contributed by atoms with Gasteiger partial charge in [-0.05, 0) is 43.0 Å². The molecule has 0 saturated carbocycles. The minimum absolute atomic E-state index is 0.461. The number of ether oxygens (including phenoxy) is 1. The molecule has 0 aliphatic rings. The van der Waals surface area contributed by atoms with Gasteiger partial charge in [0, 0.05) is 0 Å². The zero-order valence-corrected chi connectivity index (χ0v) is 9.33. The fourth-order valence-corrected chi connectivity index (χ4v) is 1.46. The SMILES string of the molecule is COc1cc(C)c(C)cc1CCN=C=O. The Balaban J connectivity index is 2.94. The zero-order chi connectivity index (χ0) is 11.3. The molecule has 0 fully saturated rings. The van der Waals surface area contributed by atoms with Gasteiger partial charge in [0.15, 0.2) is 0 Å². The minimum Gasteiger partial charge on any atom is -0.496 e. The standard InChI is InChI=1S/C12H15NO2/c1-9-6-11(4-5-13-8-14)12(15-3)7-10(9)2/h6-7H,4-5H2,1-3H3. The van der Waals surface area contributed by atoms with Gasteiger partial charge in [0.05, 0.1) is 13.7 Å². The van der Waals surface area contributed by atoms with Crippen LogP contribution in [0.25, 0.3) is 0 Å². The lowest BCUT2D eigenvalue weighted by Gasteiger charge is -2.10. The normalized spacial score (nSPS) is 9.53. The third kappa shape index (κ3) is 2.93. The molecule has 0 unspecified atom stereocenters. The summed E-state index contributed by atoms with van der Waals surface area (Å²) < 4.78 is 5.27. The smallest absolute Gasteiger partial charge is 0.234 e. The molecule has 3 heteroatoms. The van der Waals surface area contributed by atoms with Crippen LogP contribution in [0.15, 0.2) is 17.1 Å². The predicted octanol–water partition coefficient (Wildman–Crippen LogP) is 2.19. The highest BCUT2D eigenvalue weighted by molar-refractivity contribution is 5.42. The monoisotopic (exact) mass is 205 g/mol. The van der Waals surface area contributed by atoms with Crippen LogP contribution >= 0.6 is 0 Å². The van der Waals surface area contributed by atoms with Crippen LogP contribution in [0.4, 0.5) is 0 Å². The highest BCUT2D eigenvalue weighted by Crippen LogP contribution is 2.23. The molecule has 0 aliphatic carbocycles. The highest BCUT2D eigenvalue weighted by Gasteiger charge is 2.05. The van der Waals surface area contributed by atoms with Crippen LogP contribution in [0.1, 0.15) is 16.7 Å². The van der Waals surface area contributed by atoms with Crippen molar-refractivity contribution in [1.82, 2.24) is 0 Å². The number of hydrogen-bond donors (Lipinski definition) is 0. The van der Waals surface area contributed by atoms with E-state index in [4.69, 9.17) is 4.74 Å². The van der Waals surface area contributed by atoms with Gasteiger partial charge in [-0.3, -0.25) is 0 Å². The Morgan fingerprint density at radius 1 is 1.33 bits per heavy atom. The van der Waals surface area contributed by atoms with Crippen molar-refractivity contribution in [3.8, 4) is 5.75 Å². The molecule has 1 rings (SSSR count). The quantitative estimate of drug-likeness (QED) is 0.558. The number of hydrogen-bond acceptors (Lipinski definition) is 3. The second kappa shape index (κ2) is 5.32. The molecule has 0 aliphatic heterocycles. The van der Waals surface area contributed by atoms with Crippen LogP contribution in [0, 0.1) is 13.8 Å². The topological polar surface area (TPSA) is 38.7 Å². The van der Waals surface area contributed by atoms with Gasteiger partial charge in [-0.2, -0.15) is 0 Å². The van der Waals surface area contributed by atoms with E-state index in [-0.39, 0.29) is 0 Å². The van der Waals surface area contributed by atoms with Crippen molar-refractivity contribution in [3.63, 3.8) is 0 Å². The lowest BCUT2D eigenvalue weighted by Crippen LogP contribution is -1.97. The molecule has 0 spiro atoms. The van der Waals surface area contributed by atoms with Gasteiger partial charge in [-0.25, -0.2) is 9.79 Å². The van der Waals surface area contributed by atoms with E-state index in [1.165, 1.54) is 17.2 Å². The average molecular weight is 205 g/mol. The molecular weight excluding hydrogens is 190 g/mol. The number of nitrogens with zero attached hydrogens (tertiary/aromatic N) is 1. The van der Waals surface area contributed by atoms with Gasteiger partial charge in [0.1, 0.15) is 5.75 Å². The summed E-state index contributed by atoms with van der Waals surface area (Å²) >= 11 is 0. The largest absolute Gasteiger partial charge is 0.496 e. The highest BCUT2D eigenvalue weighted by atomic mass is 16.5. The Kier molecular flexibility index (Phi) is 4.07. The zero-order valence-electron chi connectivity index (χ0n) is 9.33. The summed E-state index contributed by atoms with van der Waals surface area (Å²) in [6, 6.07) is 4.09. The van der Waals surface area contributed by atoms with Crippen LogP contribution < -0.4 is 4.74 Å². The van der Waals surface area contributed by atoms with E-state index in [9.17, 15) is 4.79 Å². The van der Waals surface area contributed by atoms with E-state index in [0.29, 0.717) is 13.0 Å². The number of methoxy groups -OCH3 is 1. The first kappa shape index (κ1) is 11.5. The lowest BCUT2D eigenvalue weighted by molar-refractivity contribution is 0.409. The summed E-state index contributed by atoms with van der Waals surface area (Å²) in [4.78, 5) is 13.5. The fraction of sp³-hybridized carbons (Fsp3) is 0.417. The third-order valence-corrected chi connectivity index (χ3v) is 2.45.